The minimum Gasteiger partial charge on any atom is -0.366 e. The van der Waals surface area contributed by atoms with Gasteiger partial charge in [0.25, 0.3) is 0 Å². The summed E-state index contributed by atoms with van der Waals surface area (Å²) in [6.45, 7) is 0. The Kier molecular flexibility index (Phi) is 2.36. The molecule has 72 valence electrons. The van der Waals surface area contributed by atoms with Crippen LogP contribution in [0.2, 0.25) is 0 Å². The lowest BCUT2D eigenvalue weighted by atomic mass is 10.3. The van der Waals surface area contributed by atoms with Crippen LogP contribution in [0.3, 0.4) is 0 Å². The summed E-state index contributed by atoms with van der Waals surface area (Å²) in [4.78, 5) is 1.19. The largest absolute Gasteiger partial charge is 0.366 e. The van der Waals surface area contributed by atoms with Crippen LogP contribution in [-0.2, 0) is 0 Å². The lowest BCUT2D eigenvalue weighted by Crippen LogP contribution is -2.01. The Morgan fingerprint density at radius 3 is 2.50 bits per heavy atom. The summed E-state index contributed by atoms with van der Waals surface area (Å²) in [5.74, 6) is 0.293. The maximum atomic E-state index is 5.56. The van der Waals surface area contributed by atoms with Crippen molar-refractivity contribution in [3.05, 3.63) is 24.3 Å². The Bertz CT molecular complexity index is 422. The van der Waals surface area contributed by atoms with Crippen LogP contribution in [0.4, 0.5) is 5.95 Å². The number of tetrazole rings is 1. The molecule has 0 aliphatic heterocycles. The molecule has 2 aromatic rings. The van der Waals surface area contributed by atoms with Crippen molar-refractivity contribution >= 4 is 17.7 Å². The van der Waals surface area contributed by atoms with E-state index in [0.29, 0.717) is 5.95 Å². The number of thioether (sulfide) groups is 1. The van der Waals surface area contributed by atoms with Crippen LogP contribution < -0.4 is 5.73 Å². The highest BCUT2D eigenvalue weighted by molar-refractivity contribution is 7.98. The maximum absolute atomic E-state index is 5.56. The first kappa shape index (κ1) is 9.01. The lowest BCUT2D eigenvalue weighted by Gasteiger charge is -2.01. The van der Waals surface area contributed by atoms with Crippen LogP contribution in [0.1, 0.15) is 0 Å². The van der Waals surface area contributed by atoms with Gasteiger partial charge in [-0.1, -0.05) is 5.10 Å². The average Bonchev–Trinajstić information content (AvgIpc) is 2.65. The molecule has 14 heavy (non-hydrogen) atoms. The van der Waals surface area contributed by atoms with E-state index in [2.05, 4.69) is 15.5 Å². The lowest BCUT2D eigenvalue weighted by molar-refractivity contribution is 0.791. The van der Waals surface area contributed by atoms with Gasteiger partial charge in [0.1, 0.15) is 0 Å². The van der Waals surface area contributed by atoms with Crippen LogP contribution in [0.15, 0.2) is 29.2 Å². The monoisotopic (exact) mass is 207 g/mol. The van der Waals surface area contributed by atoms with Crippen molar-refractivity contribution in [3.8, 4) is 5.69 Å². The van der Waals surface area contributed by atoms with Crippen molar-refractivity contribution in [2.75, 3.05) is 12.0 Å². The van der Waals surface area contributed by atoms with E-state index < -0.39 is 0 Å². The molecule has 0 aliphatic rings. The van der Waals surface area contributed by atoms with E-state index in [1.54, 1.807) is 11.8 Å². The van der Waals surface area contributed by atoms with E-state index in [-0.39, 0.29) is 0 Å². The molecule has 0 bridgehead atoms. The van der Waals surface area contributed by atoms with Crippen molar-refractivity contribution in [1.29, 1.82) is 0 Å². The number of rotatable bonds is 2. The van der Waals surface area contributed by atoms with E-state index in [0.717, 1.165) is 5.69 Å². The van der Waals surface area contributed by atoms with Gasteiger partial charge in [-0.25, -0.2) is 0 Å². The first-order valence-corrected chi connectivity index (χ1v) is 5.22. The molecule has 5 nitrogen and oxygen atoms in total. The van der Waals surface area contributed by atoms with Gasteiger partial charge in [-0.05, 0) is 40.9 Å². The smallest absolute Gasteiger partial charge is 0.245 e. The number of hydrogen-bond donors (Lipinski definition) is 1. The second kappa shape index (κ2) is 3.67. The number of nitrogens with two attached hydrogens (primary N) is 1. The Labute approximate surface area is 85.3 Å². The molecular formula is C8H9N5S. The zero-order chi connectivity index (χ0) is 9.97. The van der Waals surface area contributed by atoms with Gasteiger partial charge in [-0.3, -0.25) is 0 Å². The Balaban J connectivity index is 2.39. The molecule has 1 aromatic heterocycles. The fourth-order valence-electron chi connectivity index (χ4n) is 1.10. The fraction of sp³-hybridized carbons (Fsp3) is 0.125. The summed E-state index contributed by atoms with van der Waals surface area (Å²) < 4.78 is 1.49. The second-order valence-electron chi connectivity index (χ2n) is 2.65. The molecule has 0 unspecified atom stereocenters. The number of benzene rings is 1. The van der Waals surface area contributed by atoms with Crippen molar-refractivity contribution in [2.45, 2.75) is 4.90 Å². The fourth-order valence-corrected chi connectivity index (χ4v) is 1.51. The van der Waals surface area contributed by atoms with Crippen LogP contribution in [0, 0.1) is 0 Å². The second-order valence-corrected chi connectivity index (χ2v) is 3.53. The number of nitrogen functional groups attached to an aromatic ring is 1. The van der Waals surface area contributed by atoms with Crippen LogP contribution in [-0.4, -0.2) is 26.5 Å². The van der Waals surface area contributed by atoms with Gasteiger partial charge >= 0.3 is 0 Å². The summed E-state index contributed by atoms with van der Waals surface area (Å²) in [5.41, 5.74) is 6.43. The molecule has 0 saturated heterocycles. The van der Waals surface area contributed by atoms with Crippen LogP contribution in [0.25, 0.3) is 5.69 Å². The standard InChI is InChI=1S/C8H9N5S/c1-14-7-4-2-6(3-5-7)13-8(9)10-11-12-13/h2-5H,1H3,(H2,9,10,12). The highest BCUT2D eigenvalue weighted by Gasteiger charge is 2.02. The first-order valence-electron chi connectivity index (χ1n) is 3.99. The van der Waals surface area contributed by atoms with Gasteiger partial charge in [0.15, 0.2) is 0 Å². The normalized spacial score (nSPS) is 10.4. The number of anilines is 1. The third-order valence-electron chi connectivity index (χ3n) is 1.81. The van der Waals surface area contributed by atoms with Gasteiger partial charge in [-0.15, -0.1) is 11.8 Å². The quantitative estimate of drug-likeness (QED) is 0.743. The van der Waals surface area contributed by atoms with Crippen molar-refractivity contribution in [2.24, 2.45) is 0 Å². The third-order valence-corrected chi connectivity index (χ3v) is 2.55. The third kappa shape index (κ3) is 1.56. The SMILES string of the molecule is CSc1ccc(-n2nnnc2N)cc1. The number of hydrogen-bond acceptors (Lipinski definition) is 5. The molecular weight excluding hydrogens is 198 g/mol. The highest BCUT2D eigenvalue weighted by Crippen LogP contribution is 2.17. The van der Waals surface area contributed by atoms with Gasteiger partial charge in [0, 0.05) is 4.90 Å². The molecule has 0 amide bonds. The zero-order valence-electron chi connectivity index (χ0n) is 7.58. The molecule has 1 aromatic carbocycles. The summed E-state index contributed by atoms with van der Waals surface area (Å²) in [6.07, 6.45) is 2.03. The summed E-state index contributed by atoms with van der Waals surface area (Å²) in [5, 5.41) is 10.8. The summed E-state index contributed by atoms with van der Waals surface area (Å²) in [7, 11) is 0. The highest BCUT2D eigenvalue weighted by atomic mass is 32.2. The Hall–Kier alpha value is -1.56. The van der Waals surface area contributed by atoms with Crippen molar-refractivity contribution < 1.29 is 0 Å². The Morgan fingerprint density at radius 2 is 2.00 bits per heavy atom. The van der Waals surface area contributed by atoms with E-state index in [1.165, 1.54) is 9.58 Å². The van der Waals surface area contributed by atoms with Crippen molar-refractivity contribution in [1.82, 2.24) is 20.2 Å². The molecule has 0 saturated carbocycles. The topological polar surface area (TPSA) is 69.6 Å². The van der Waals surface area contributed by atoms with Crippen LogP contribution in [0.5, 0.6) is 0 Å². The minimum atomic E-state index is 0.293. The molecule has 6 heteroatoms. The predicted octanol–water partition coefficient (Wildman–Crippen LogP) is 0.966. The zero-order valence-corrected chi connectivity index (χ0v) is 8.40. The summed E-state index contributed by atoms with van der Waals surface area (Å²) in [6, 6.07) is 7.86. The predicted molar refractivity (Wildman–Crippen MR) is 55.3 cm³/mol. The van der Waals surface area contributed by atoms with Gasteiger partial charge in [-0.2, -0.15) is 4.68 Å². The molecule has 2 rings (SSSR count). The molecule has 1 heterocycles. The van der Waals surface area contributed by atoms with Gasteiger partial charge in [0.2, 0.25) is 5.95 Å². The van der Waals surface area contributed by atoms with Crippen LogP contribution >= 0.6 is 11.8 Å². The maximum Gasteiger partial charge on any atom is 0.245 e. The van der Waals surface area contributed by atoms with Crippen molar-refractivity contribution in [3.63, 3.8) is 0 Å². The van der Waals surface area contributed by atoms with Gasteiger partial charge in [0.05, 0.1) is 5.69 Å². The molecule has 0 fully saturated rings. The summed E-state index contributed by atoms with van der Waals surface area (Å²) >= 11 is 1.69. The van der Waals surface area contributed by atoms with E-state index in [9.17, 15) is 0 Å². The minimum absolute atomic E-state index is 0.293. The van der Waals surface area contributed by atoms with E-state index >= 15 is 0 Å². The number of aromatic nitrogens is 4. The molecule has 0 spiro atoms. The van der Waals surface area contributed by atoms with Gasteiger partial charge < -0.3 is 5.73 Å². The molecule has 0 aliphatic carbocycles. The molecule has 2 N–H and O–H groups in total. The Morgan fingerprint density at radius 1 is 1.29 bits per heavy atom. The molecule has 0 radical (unpaired) electrons. The van der Waals surface area contributed by atoms with E-state index in [4.69, 9.17) is 5.73 Å². The first-order chi connectivity index (χ1) is 6.81. The van der Waals surface area contributed by atoms with E-state index in [1.807, 2.05) is 30.5 Å². The average molecular weight is 207 g/mol. The number of nitrogens with zero attached hydrogens (tertiary/aromatic N) is 4. The molecule has 0 atom stereocenters.